The smallest absolute Gasteiger partial charge is 0.109 e. The topological polar surface area (TPSA) is 69.9 Å². The molecule has 4 nitrogen and oxygen atoms in total. The maximum absolute atomic E-state index is 9.73. The molecule has 1 aliphatic heterocycles. The Kier molecular flexibility index (Phi) is 3.89. The van der Waals surface area contributed by atoms with Gasteiger partial charge in [0.1, 0.15) is 12.2 Å². The third-order valence-corrected chi connectivity index (χ3v) is 2.96. The molecule has 1 saturated heterocycles. The average Bonchev–Trinajstić information content (AvgIpc) is 2.14. The molecule has 1 fully saturated rings. The third-order valence-electron chi connectivity index (χ3n) is 2.96. The summed E-state index contributed by atoms with van der Waals surface area (Å²) in [5.74, 6) is 0.161. The van der Waals surface area contributed by atoms with E-state index in [2.05, 4.69) is 0 Å². The first-order valence-corrected chi connectivity index (χ1v) is 5.11. The monoisotopic (exact) mass is 204 g/mol. The predicted molar refractivity (Wildman–Crippen MR) is 51.8 cm³/mol. The van der Waals surface area contributed by atoms with Crippen molar-refractivity contribution in [1.29, 1.82) is 0 Å². The highest BCUT2D eigenvalue weighted by Crippen LogP contribution is 2.29. The molecule has 1 heterocycles. The van der Waals surface area contributed by atoms with Gasteiger partial charge in [-0.3, -0.25) is 0 Å². The molecule has 0 radical (unpaired) electrons. The first-order valence-electron chi connectivity index (χ1n) is 5.11. The Morgan fingerprint density at radius 1 is 1.21 bits per heavy atom. The third kappa shape index (κ3) is 2.08. The lowest BCUT2D eigenvalue weighted by atomic mass is 9.83. The maximum Gasteiger partial charge on any atom is 0.109 e. The highest BCUT2D eigenvalue weighted by Gasteiger charge is 2.42. The minimum Gasteiger partial charge on any atom is -0.394 e. The Balaban J connectivity index is 2.73. The number of hydrogen-bond acceptors (Lipinski definition) is 4. The molecule has 0 aliphatic carbocycles. The van der Waals surface area contributed by atoms with Crippen LogP contribution in [0.3, 0.4) is 0 Å². The Hall–Kier alpha value is -0.160. The molecule has 3 N–H and O–H groups in total. The fourth-order valence-electron chi connectivity index (χ4n) is 2.05. The van der Waals surface area contributed by atoms with Crippen molar-refractivity contribution in [2.45, 2.75) is 45.2 Å². The van der Waals surface area contributed by atoms with Gasteiger partial charge in [-0.25, -0.2) is 0 Å². The summed E-state index contributed by atoms with van der Waals surface area (Å²) in [6.07, 6.45) is -2.56. The molecule has 0 aromatic carbocycles. The fraction of sp³-hybridized carbons (Fsp3) is 1.00. The molecule has 5 atom stereocenters. The highest BCUT2D eigenvalue weighted by atomic mass is 16.5. The van der Waals surface area contributed by atoms with Gasteiger partial charge in [-0.05, 0) is 5.92 Å². The van der Waals surface area contributed by atoms with Crippen molar-refractivity contribution < 1.29 is 20.1 Å². The van der Waals surface area contributed by atoms with Crippen LogP contribution in [-0.2, 0) is 4.74 Å². The Morgan fingerprint density at radius 2 is 1.79 bits per heavy atom. The van der Waals surface area contributed by atoms with E-state index in [1.165, 1.54) is 0 Å². The number of rotatable bonds is 2. The Labute approximate surface area is 84.5 Å². The van der Waals surface area contributed by atoms with Crippen molar-refractivity contribution in [2.24, 2.45) is 11.8 Å². The number of hydrogen-bond donors (Lipinski definition) is 3. The number of ether oxygens (including phenoxy) is 1. The van der Waals surface area contributed by atoms with Crippen LogP contribution in [0.2, 0.25) is 0 Å². The zero-order valence-electron chi connectivity index (χ0n) is 8.92. The van der Waals surface area contributed by atoms with Crippen LogP contribution in [0.25, 0.3) is 0 Å². The van der Waals surface area contributed by atoms with Gasteiger partial charge in [-0.2, -0.15) is 0 Å². The molecule has 84 valence electrons. The van der Waals surface area contributed by atoms with E-state index in [1.54, 1.807) is 0 Å². The average molecular weight is 204 g/mol. The molecule has 4 heteroatoms. The van der Waals surface area contributed by atoms with Crippen LogP contribution in [0.15, 0.2) is 0 Å². The van der Waals surface area contributed by atoms with Crippen LogP contribution >= 0.6 is 0 Å². The van der Waals surface area contributed by atoms with Gasteiger partial charge in [0.25, 0.3) is 0 Å². The van der Waals surface area contributed by atoms with Crippen LogP contribution in [0, 0.1) is 11.8 Å². The van der Waals surface area contributed by atoms with Crippen LogP contribution in [0.5, 0.6) is 0 Å². The standard InChI is InChI=1S/C10H20O4/c1-5(2)10-6(3)8(12)9(13)7(4-11)14-10/h5-13H,4H2,1-3H3. The molecule has 5 unspecified atom stereocenters. The van der Waals surface area contributed by atoms with E-state index in [9.17, 15) is 10.2 Å². The normalized spacial score (nSPS) is 44.4. The molecule has 0 spiro atoms. The molecule has 1 rings (SSSR count). The minimum absolute atomic E-state index is 0.104. The van der Waals surface area contributed by atoms with E-state index in [0.717, 1.165) is 0 Å². The molecule has 0 amide bonds. The van der Waals surface area contributed by atoms with E-state index >= 15 is 0 Å². The van der Waals surface area contributed by atoms with Crippen molar-refractivity contribution in [3.63, 3.8) is 0 Å². The van der Waals surface area contributed by atoms with E-state index in [1.807, 2.05) is 20.8 Å². The first kappa shape index (κ1) is 11.9. The van der Waals surface area contributed by atoms with E-state index < -0.39 is 18.3 Å². The van der Waals surface area contributed by atoms with Gasteiger partial charge in [0.15, 0.2) is 0 Å². The van der Waals surface area contributed by atoms with Crippen molar-refractivity contribution in [2.75, 3.05) is 6.61 Å². The van der Waals surface area contributed by atoms with Gasteiger partial charge in [-0.15, -0.1) is 0 Å². The van der Waals surface area contributed by atoms with Gasteiger partial charge < -0.3 is 20.1 Å². The molecule has 14 heavy (non-hydrogen) atoms. The summed E-state index contributed by atoms with van der Waals surface area (Å²) >= 11 is 0. The van der Waals surface area contributed by atoms with Crippen molar-refractivity contribution in [1.82, 2.24) is 0 Å². The quantitative estimate of drug-likeness (QED) is 0.580. The summed E-state index contributed by atoms with van der Waals surface area (Å²) in [7, 11) is 0. The second-order valence-electron chi connectivity index (χ2n) is 4.41. The fourth-order valence-corrected chi connectivity index (χ4v) is 2.05. The van der Waals surface area contributed by atoms with Crippen LogP contribution in [-0.4, -0.2) is 46.3 Å². The summed E-state index contributed by atoms with van der Waals surface area (Å²) in [5.41, 5.74) is 0. The van der Waals surface area contributed by atoms with Crippen LogP contribution < -0.4 is 0 Å². The van der Waals surface area contributed by atoms with E-state index in [0.29, 0.717) is 0 Å². The van der Waals surface area contributed by atoms with Crippen molar-refractivity contribution in [3.8, 4) is 0 Å². The summed E-state index contributed by atoms with van der Waals surface area (Å²) in [5, 5.41) is 28.3. The predicted octanol–water partition coefficient (Wildman–Crippen LogP) is -0.240. The molecule has 1 aliphatic rings. The number of aliphatic hydroxyl groups excluding tert-OH is 3. The van der Waals surface area contributed by atoms with Crippen molar-refractivity contribution in [3.05, 3.63) is 0 Å². The maximum atomic E-state index is 9.73. The first-order chi connectivity index (χ1) is 6.49. The van der Waals surface area contributed by atoms with E-state index in [4.69, 9.17) is 9.84 Å². The van der Waals surface area contributed by atoms with Crippen LogP contribution in [0.1, 0.15) is 20.8 Å². The molecule has 0 aromatic rings. The zero-order chi connectivity index (χ0) is 10.9. The Morgan fingerprint density at radius 3 is 2.21 bits per heavy atom. The second kappa shape index (κ2) is 4.57. The molecular formula is C10H20O4. The number of aliphatic hydroxyl groups is 3. The largest absolute Gasteiger partial charge is 0.394 e. The lowest BCUT2D eigenvalue weighted by Gasteiger charge is -2.42. The lowest BCUT2D eigenvalue weighted by Crippen LogP contribution is -2.55. The summed E-state index contributed by atoms with van der Waals surface area (Å²) in [6.45, 7) is 5.60. The van der Waals surface area contributed by atoms with Gasteiger partial charge in [0, 0.05) is 5.92 Å². The van der Waals surface area contributed by atoms with E-state index in [-0.39, 0.29) is 24.5 Å². The van der Waals surface area contributed by atoms with Gasteiger partial charge >= 0.3 is 0 Å². The van der Waals surface area contributed by atoms with Gasteiger partial charge in [-0.1, -0.05) is 20.8 Å². The summed E-state index contributed by atoms with van der Waals surface area (Å²) in [4.78, 5) is 0. The SMILES string of the molecule is CC(C)C1OC(CO)C(O)C(O)C1C. The highest BCUT2D eigenvalue weighted by molar-refractivity contribution is 4.90. The minimum atomic E-state index is -0.981. The van der Waals surface area contributed by atoms with Gasteiger partial charge in [0.05, 0.1) is 18.8 Å². The Bertz CT molecular complexity index is 181. The summed E-state index contributed by atoms with van der Waals surface area (Å²) < 4.78 is 5.53. The molecule has 0 bridgehead atoms. The zero-order valence-corrected chi connectivity index (χ0v) is 8.92. The van der Waals surface area contributed by atoms with Crippen molar-refractivity contribution >= 4 is 0 Å². The van der Waals surface area contributed by atoms with Gasteiger partial charge in [0.2, 0.25) is 0 Å². The molecule has 0 aromatic heterocycles. The lowest BCUT2D eigenvalue weighted by molar-refractivity contribution is -0.215. The van der Waals surface area contributed by atoms with Crippen LogP contribution in [0.4, 0.5) is 0 Å². The summed E-state index contributed by atoms with van der Waals surface area (Å²) in [6, 6.07) is 0. The second-order valence-corrected chi connectivity index (χ2v) is 4.41. The molecular weight excluding hydrogens is 184 g/mol. The molecule has 0 saturated carbocycles.